The molecule has 122 valence electrons. The Morgan fingerprint density at radius 3 is 2.45 bits per heavy atom. The van der Waals surface area contributed by atoms with Gasteiger partial charge in [0.05, 0.1) is 12.6 Å². The summed E-state index contributed by atoms with van der Waals surface area (Å²) in [6, 6.07) is 5.64. The van der Waals surface area contributed by atoms with Gasteiger partial charge in [0.15, 0.2) is 0 Å². The quantitative estimate of drug-likeness (QED) is 0.618. The van der Waals surface area contributed by atoms with Crippen molar-refractivity contribution in [2.24, 2.45) is 5.92 Å². The number of ether oxygens (including phenoxy) is 1. The molecule has 3 nitrogen and oxygen atoms in total. The first-order chi connectivity index (χ1) is 10.3. The lowest BCUT2D eigenvalue weighted by atomic mass is 10.0. The maximum Gasteiger partial charge on any atom is 0.411 e. The van der Waals surface area contributed by atoms with E-state index in [1.807, 2.05) is 0 Å². The highest BCUT2D eigenvalue weighted by molar-refractivity contribution is 5.76. The summed E-state index contributed by atoms with van der Waals surface area (Å²) in [4.78, 5) is 11.8. The van der Waals surface area contributed by atoms with Crippen LogP contribution in [0.5, 0.6) is 0 Å². The van der Waals surface area contributed by atoms with Gasteiger partial charge in [0, 0.05) is 6.42 Å². The number of carbonyl (C=O) groups is 1. The summed E-state index contributed by atoms with van der Waals surface area (Å²) >= 11 is 0. The van der Waals surface area contributed by atoms with Crippen molar-refractivity contribution in [3.63, 3.8) is 0 Å². The standard InChI is InChI=1S/C15H17F4NO2/c16-12-5-3-11(4-6-12)14(10-1-2-10)20-13(21)7-8-22-9-15(17,18)19/h3-6,10,14H,1-2,7-9H2,(H,20,21). The van der Waals surface area contributed by atoms with Gasteiger partial charge in [0.2, 0.25) is 5.91 Å². The van der Waals surface area contributed by atoms with Crippen LogP contribution in [-0.2, 0) is 9.53 Å². The van der Waals surface area contributed by atoms with Crippen molar-refractivity contribution in [3.8, 4) is 0 Å². The fourth-order valence-electron chi connectivity index (χ4n) is 2.17. The van der Waals surface area contributed by atoms with E-state index in [1.54, 1.807) is 12.1 Å². The lowest BCUT2D eigenvalue weighted by Crippen LogP contribution is -2.31. The molecule has 1 fully saturated rings. The molecule has 1 aromatic rings. The number of carbonyl (C=O) groups excluding carboxylic acids is 1. The fourth-order valence-corrected chi connectivity index (χ4v) is 2.17. The van der Waals surface area contributed by atoms with Gasteiger partial charge < -0.3 is 10.1 Å². The van der Waals surface area contributed by atoms with Crippen molar-refractivity contribution < 1.29 is 27.1 Å². The number of hydrogen-bond donors (Lipinski definition) is 1. The summed E-state index contributed by atoms with van der Waals surface area (Å²) in [5.41, 5.74) is 0.799. The maximum atomic E-state index is 12.9. The van der Waals surface area contributed by atoms with Gasteiger partial charge >= 0.3 is 6.18 Å². The van der Waals surface area contributed by atoms with Crippen LogP contribution < -0.4 is 5.32 Å². The van der Waals surface area contributed by atoms with Crippen LogP contribution >= 0.6 is 0 Å². The lowest BCUT2D eigenvalue weighted by Gasteiger charge is -2.19. The van der Waals surface area contributed by atoms with Crippen molar-refractivity contribution in [2.75, 3.05) is 13.2 Å². The number of rotatable bonds is 7. The minimum absolute atomic E-state index is 0.138. The van der Waals surface area contributed by atoms with E-state index in [2.05, 4.69) is 10.1 Å². The maximum absolute atomic E-state index is 12.9. The molecule has 1 atom stereocenters. The van der Waals surface area contributed by atoms with Crippen LogP contribution in [0.3, 0.4) is 0 Å². The second-order valence-corrected chi connectivity index (χ2v) is 5.35. The minimum Gasteiger partial charge on any atom is -0.372 e. The second kappa shape index (κ2) is 7.09. The Hall–Kier alpha value is -1.63. The number of benzene rings is 1. The van der Waals surface area contributed by atoms with Crippen LogP contribution in [0.2, 0.25) is 0 Å². The lowest BCUT2D eigenvalue weighted by molar-refractivity contribution is -0.174. The molecule has 0 aromatic heterocycles. The van der Waals surface area contributed by atoms with E-state index in [0.717, 1.165) is 18.4 Å². The molecule has 2 rings (SSSR count). The van der Waals surface area contributed by atoms with Crippen molar-refractivity contribution >= 4 is 5.91 Å². The van der Waals surface area contributed by atoms with E-state index in [-0.39, 0.29) is 30.8 Å². The third-order valence-electron chi connectivity index (χ3n) is 3.38. The van der Waals surface area contributed by atoms with E-state index < -0.39 is 12.8 Å². The molecular weight excluding hydrogens is 302 g/mol. The van der Waals surface area contributed by atoms with Crippen molar-refractivity contribution in [2.45, 2.75) is 31.5 Å². The molecule has 1 saturated carbocycles. The molecule has 1 amide bonds. The minimum atomic E-state index is -4.39. The van der Waals surface area contributed by atoms with Crippen LogP contribution in [0.15, 0.2) is 24.3 Å². The van der Waals surface area contributed by atoms with Gasteiger partial charge in [-0.2, -0.15) is 13.2 Å². The third kappa shape index (κ3) is 5.63. The number of nitrogens with one attached hydrogen (secondary N) is 1. The monoisotopic (exact) mass is 319 g/mol. The van der Waals surface area contributed by atoms with E-state index in [9.17, 15) is 22.4 Å². The topological polar surface area (TPSA) is 38.3 Å². The summed E-state index contributed by atoms with van der Waals surface area (Å²) in [5.74, 6) is -0.431. The smallest absolute Gasteiger partial charge is 0.372 e. The third-order valence-corrected chi connectivity index (χ3v) is 3.38. The fraction of sp³-hybridized carbons (Fsp3) is 0.533. The summed E-state index contributed by atoms with van der Waals surface area (Å²) in [6.45, 7) is -1.64. The van der Waals surface area contributed by atoms with E-state index in [1.165, 1.54) is 12.1 Å². The second-order valence-electron chi connectivity index (χ2n) is 5.35. The number of amides is 1. The Labute approximate surface area is 125 Å². The first-order valence-corrected chi connectivity index (χ1v) is 7.04. The van der Waals surface area contributed by atoms with Crippen molar-refractivity contribution in [1.82, 2.24) is 5.32 Å². The molecule has 0 aliphatic heterocycles. The predicted octanol–water partition coefficient (Wildman–Crippen LogP) is 3.36. The SMILES string of the molecule is O=C(CCOCC(F)(F)F)NC(c1ccc(F)cc1)C1CC1. The number of alkyl halides is 3. The van der Waals surface area contributed by atoms with Gasteiger partial charge in [-0.05, 0) is 36.5 Å². The van der Waals surface area contributed by atoms with E-state index in [0.29, 0.717) is 5.92 Å². The molecule has 0 spiro atoms. The molecule has 0 radical (unpaired) electrons. The van der Waals surface area contributed by atoms with Crippen LogP contribution in [-0.4, -0.2) is 25.3 Å². The van der Waals surface area contributed by atoms with Crippen LogP contribution in [0.4, 0.5) is 17.6 Å². The zero-order chi connectivity index (χ0) is 16.2. The van der Waals surface area contributed by atoms with Gasteiger partial charge in [-0.25, -0.2) is 4.39 Å². The Morgan fingerprint density at radius 2 is 1.91 bits per heavy atom. The molecule has 0 heterocycles. The number of halogens is 4. The average Bonchev–Trinajstić information content (AvgIpc) is 3.26. The first-order valence-electron chi connectivity index (χ1n) is 7.04. The molecule has 1 aromatic carbocycles. The highest BCUT2D eigenvalue weighted by Crippen LogP contribution is 2.41. The zero-order valence-corrected chi connectivity index (χ0v) is 11.8. The van der Waals surface area contributed by atoms with E-state index >= 15 is 0 Å². The predicted molar refractivity (Wildman–Crippen MR) is 71.5 cm³/mol. The Kier molecular flexibility index (Phi) is 5.39. The highest BCUT2D eigenvalue weighted by atomic mass is 19.4. The van der Waals surface area contributed by atoms with Gasteiger partial charge in [-0.1, -0.05) is 12.1 Å². The highest BCUT2D eigenvalue weighted by Gasteiger charge is 2.33. The molecule has 1 N–H and O–H groups in total. The average molecular weight is 319 g/mol. The molecular formula is C15H17F4NO2. The van der Waals surface area contributed by atoms with Gasteiger partial charge in [-0.3, -0.25) is 4.79 Å². The van der Waals surface area contributed by atoms with Crippen LogP contribution in [0.25, 0.3) is 0 Å². The molecule has 0 saturated heterocycles. The van der Waals surface area contributed by atoms with Crippen molar-refractivity contribution in [3.05, 3.63) is 35.6 Å². The Balaban J connectivity index is 1.81. The molecule has 7 heteroatoms. The molecule has 1 aliphatic carbocycles. The molecule has 22 heavy (non-hydrogen) atoms. The first kappa shape index (κ1) is 16.7. The van der Waals surface area contributed by atoms with Crippen molar-refractivity contribution in [1.29, 1.82) is 0 Å². The summed E-state index contributed by atoms with van der Waals surface area (Å²) < 4.78 is 53.1. The van der Waals surface area contributed by atoms with E-state index in [4.69, 9.17) is 0 Å². The summed E-state index contributed by atoms with van der Waals surface area (Å²) in [5, 5.41) is 2.79. The normalized spacial score (nSPS) is 16.4. The molecule has 1 unspecified atom stereocenters. The Morgan fingerprint density at radius 1 is 1.27 bits per heavy atom. The van der Waals surface area contributed by atoms with Crippen LogP contribution in [0.1, 0.15) is 30.9 Å². The largest absolute Gasteiger partial charge is 0.411 e. The van der Waals surface area contributed by atoms with Crippen LogP contribution in [0, 0.1) is 11.7 Å². The van der Waals surface area contributed by atoms with Gasteiger partial charge in [0.25, 0.3) is 0 Å². The Bertz CT molecular complexity index is 497. The zero-order valence-electron chi connectivity index (χ0n) is 11.8. The summed E-state index contributed by atoms with van der Waals surface area (Å²) in [7, 11) is 0. The summed E-state index contributed by atoms with van der Waals surface area (Å²) in [6.07, 6.45) is -2.60. The van der Waals surface area contributed by atoms with Gasteiger partial charge in [0.1, 0.15) is 12.4 Å². The number of hydrogen-bond acceptors (Lipinski definition) is 2. The van der Waals surface area contributed by atoms with Gasteiger partial charge in [-0.15, -0.1) is 0 Å². The molecule has 0 bridgehead atoms. The molecule has 1 aliphatic rings.